The summed E-state index contributed by atoms with van der Waals surface area (Å²) in [6.07, 6.45) is 2.00. The standard InChI is InChI=1S/C10H12Cl2N4O2/c11-8-7(9(12)15-4-14-8)16-10(17)6-2-1-5(3-13)18-6/h4-6H,1-3,13H2,(H,16,17). The Morgan fingerprint density at radius 1 is 1.44 bits per heavy atom. The van der Waals surface area contributed by atoms with Crippen LogP contribution in [-0.2, 0) is 9.53 Å². The molecule has 18 heavy (non-hydrogen) atoms. The predicted molar refractivity (Wildman–Crippen MR) is 67.6 cm³/mol. The van der Waals surface area contributed by atoms with E-state index in [0.29, 0.717) is 13.0 Å². The number of halogens is 2. The van der Waals surface area contributed by atoms with Gasteiger partial charge < -0.3 is 15.8 Å². The monoisotopic (exact) mass is 290 g/mol. The van der Waals surface area contributed by atoms with Crippen molar-refractivity contribution in [2.75, 3.05) is 11.9 Å². The zero-order valence-electron chi connectivity index (χ0n) is 9.40. The summed E-state index contributed by atoms with van der Waals surface area (Å²) in [6.45, 7) is 0.403. The third-order valence-electron chi connectivity index (χ3n) is 2.67. The molecular weight excluding hydrogens is 279 g/mol. The Hall–Kier alpha value is -0.950. The summed E-state index contributed by atoms with van der Waals surface area (Å²) in [5.74, 6) is -0.315. The van der Waals surface area contributed by atoms with Crippen molar-refractivity contribution in [2.24, 2.45) is 5.73 Å². The number of amides is 1. The maximum Gasteiger partial charge on any atom is 0.253 e. The first kappa shape index (κ1) is 13.5. The minimum Gasteiger partial charge on any atom is -0.364 e. The number of nitrogens with one attached hydrogen (secondary N) is 1. The molecule has 2 unspecified atom stereocenters. The van der Waals surface area contributed by atoms with E-state index in [1.165, 1.54) is 6.33 Å². The summed E-state index contributed by atoms with van der Waals surface area (Å²) < 4.78 is 5.46. The molecule has 6 nitrogen and oxygen atoms in total. The van der Waals surface area contributed by atoms with Crippen molar-refractivity contribution in [3.63, 3.8) is 0 Å². The third-order valence-corrected chi connectivity index (χ3v) is 3.24. The lowest BCUT2D eigenvalue weighted by Crippen LogP contribution is -2.30. The fraction of sp³-hybridized carbons (Fsp3) is 0.500. The lowest BCUT2D eigenvalue weighted by molar-refractivity contribution is -0.126. The van der Waals surface area contributed by atoms with Crippen LogP contribution in [0.2, 0.25) is 10.3 Å². The lowest BCUT2D eigenvalue weighted by atomic mass is 10.2. The van der Waals surface area contributed by atoms with Crippen molar-refractivity contribution in [3.05, 3.63) is 16.6 Å². The van der Waals surface area contributed by atoms with Gasteiger partial charge in [-0.3, -0.25) is 4.79 Å². The molecule has 3 N–H and O–H groups in total. The van der Waals surface area contributed by atoms with Crippen LogP contribution in [0.3, 0.4) is 0 Å². The third kappa shape index (κ3) is 2.89. The second-order valence-corrected chi connectivity index (χ2v) is 4.60. The molecule has 1 aromatic rings. The van der Waals surface area contributed by atoms with E-state index in [9.17, 15) is 4.79 Å². The Morgan fingerprint density at radius 3 is 2.67 bits per heavy atom. The van der Waals surface area contributed by atoms with E-state index >= 15 is 0 Å². The van der Waals surface area contributed by atoms with Gasteiger partial charge in [0.15, 0.2) is 10.3 Å². The van der Waals surface area contributed by atoms with E-state index in [-0.39, 0.29) is 28.0 Å². The molecule has 2 heterocycles. The van der Waals surface area contributed by atoms with Crippen molar-refractivity contribution < 1.29 is 9.53 Å². The zero-order valence-corrected chi connectivity index (χ0v) is 10.9. The van der Waals surface area contributed by atoms with Gasteiger partial charge in [-0.15, -0.1) is 0 Å². The summed E-state index contributed by atoms with van der Waals surface area (Å²) in [5.41, 5.74) is 5.68. The minimum absolute atomic E-state index is 0.0706. The maximum atomic E-state index is 11.9. The van der Waals surface area contributed by atoms with Gasteiger partial charge in [0.25, 0.3) is 5.91 Å². The molecule has 1 fully saturated rings. The normalized spacial score (nSPS) is 23.1. The second kappa shape index (κ2) is 5.79. The van der Waals surface area contributed by atoms with E-state index in [0.717, 1.165) is 6.42 Å². The highest BCUT2D eigenvalue weighted by Crippen LogP contribution is 2.27. The lowest BCUT2D eigenvalue weighted by Gasteiger charge is -2.13. The molecule has 98 valence electrons. The number of nitrogens with zero attached hydrogens (tertiary/aromatic N) is 2. The van der Waals surface area contributed by atoms with Crippen molar-refractivity contribution in [3.8, 4) is 0 Å². The average Bonchev–Trinajstić information content (AvgIpc) is 2.82. The highest BCUT2D eigenvalue weighted by atomic mass is 35.5. The number of anilines is 1. The van der Waals surface area contributed by atoms with Crippen LogP contribution in [0, 0.1) is 0 Å². The molecule has 1 aliphatic heterocycles. The summed E-state index contributed by atoms with van der Waals surface area (Å²) >= 11 is 11.7. The van der Waals surface area contributed by atoms with Gasteiger partial charge in [-0.1, -0.05) is 23.2 Å². The fourth-order valence-corrected chi connectivity index (χ4v) is 2.13. The highest BCUT2D eigenvalue weighted by molar-refractivity contribution is 6.38. The smallest absolute Gasteiger partial charge is 0.253 e. The van der Waals surface area contributed by atoms with Gasteiger partial charge in [0.1, 0.15) is 18.1 Å². The molecule has 0 saturated carbocycles. The zero-order chi connectivity index (χ0) is 13.1. The first-order chi connectivity index (χ1) is 8.61. The summed E-state index contributed by atoms with van der Waals surface area (Å²) in [4.78, 5) is 19.4. The summed E-state index contributed by atoms with van der Waals surface area (Å²) in [6, 6.07) is 0. The molecule has 1 saturated heterocycles. The van der Waals surface area contributed by atoms with Crippen molar-refractivity contribution in [2.45, 2.75) is 25.0 Å². The van der Waals surface area contributed by atoms with Crippen LogP contribution >= 0.6 is 23.2 Å². The number of rotatable bonds is 3. The molecule has 1 aromatic heterocycles. The summed E-state index contributed by atoms with van der Waals surface area (Å²) in [7, 11) is 0. The number of hydrogen-bond donors (Lipinski definition) is 2. The van der Waals surface area contributed by atoms with Crippen LogP contribution in [0.15, 0.2) is 6.33 Å². The van der Waals surface area contributed by atoms with Crippen molar-refractivity contribution in [1.29, 1.82) is 0 Å². The van der Waals surface area contributed by atoms with Crippen molar-refractivity contribution >= 4 is 34.8 Å². The van der Waals surface area contributed by atoms with E-state index in [2.05, 4.69) is 15.3 Å². The number of hydrogen-bond acceptors (Lipinski definition) is 5. The van der Waals surface area contributed by atoms with Crippen LogP contribution in [0.4, 0.5) is 5.69 Å². The minimum atomic E-state index is -0.536. The molecule has 8 heteroatoms. The molecule has 0 aliphatic carbocycles. The molecular formula is C10H12Cl2N4O2. The van der Waals surface area contributed by atoms with Crippen LogP contribution in [0.25, 0.3) is 0 Å². The van der Waals surface area contributed by atoms with Crippen molar-refractivity contribution in [1.82, 2.24) is 9.97 Å². The molecule has 2 atom stereocenters. The van der Waals surface area contributed by atoms with Crippen LogP contribution in [0.5, 0.6) is 0 Å². The van der Waals surface area contributed by atoms with Gasteiger partial charge in [0, 0.05) is 6.54 Å². The molecule has 0 bridgehead atoms. The molecule has 1 amide bonds. The van der Waals surface area contributed by atoms with Gasteiger partial charge in [-0.05, 0) is 12.8 Å². The van der Waals surface area contributed by atoms with E-state index < -0.39 is 6.10 Å². The predicted octanol–water partition coefficient (Wildman–Crippen LogP) is 1.23. The van der Waals surface area contributed by atoms with Crippen LogP contribution in [0.1, 0.15) is 12.8 Å². The van der Waals surface area contributed by atoms with Crippen LogP contribution < -0.4 is 11.1 Å². The quantitative estimate of drug-likeness (QED) is 0.817. The Labute approximate surface area is 114 Å². The summed E-state index contributed by atoms with van der Waals surface area (Å²) in [5, 5.41) is 2.76. The Balaban J connectivity index is 2.04. The number of carbonyl (C=O) groups is 1. The number of nitrogens with two attached hydrogens (primary N) is 1. The van der Waals surface area contributed by atoms with Gasteiger partial charge in [-0.2, -0.15) is 0 Å². The largest absolute Gasteiger partial charge is 0.364 e. The highest BCUT2D eigenvalue weighted by Gasteiger charge is 2.30. The topological polar surface area (TPSA) is 90.1 Å². The number of carbonyl (C=O) groups excluding carboxylic acids is 1. The van der Waals surface area contributed by atoms with E-state index in [4.69, 9.17) is 33.7 Å². The van der Waals surface area contributed by atoms with E-state index in [1.54, 1.807) is 0 Å². The van der Waals surface area contributed by atoms with E-state index in [1.807, 2.05) is 0 Å². The Kier molecular flexibility index (Phi) is 4.34. The molecule has 0 aromatic carbocycles. The molecule has 0 radical (unpaired) electrons. The van der Waals surface area contributed by atoms with Gasteiger partial charge >= 0.3 is 0 Å². The Bertz CT molecular complexity index is 437. The van der Waals surface area contributed by atoms with Gasteiger partial charge in [0.05, 0.1) is 6.10 Å². The van der Waals surface area contributed by atoms with Gasteiger partial charge in [0.2, 0.25) is 0 Å². The first-order valence-corrected chi connectivity index (χ1v) is 6.19. The van der Waals surface area contributed by atoms with Crippen LogP contribution in [-0.4, -0.2) is 34.6 Å². The SMILES string of the molecule is NCC1CCC(C(=O)Nc2c(Cl)ncnc2Cl)O1. The average molecular weight is 291 g/mol. The second-order valence-electron chi connectivity index (χ2n) is 3.88. The number of aromatic nitrogens is 2. The molecule has 1 aliphatic rings. The first-order valence-electron chi connectivity index (χ1n) is 5.44. The fourth-order valence-electron chi connectivity index (χ4n) is 1.72. The van der Waals surface area contributed by atoms with Gasteiger partial charge in [-0.25, -0.2) is 9.97 Å². The number of ether oxygens (including phenoxy) is 1. The maximum absolute atomic E-state index is 11.9. The Morgan fingerprint density at radius 2 is 2.11 bits per heavy atom. The molecule has 0 spiro atoms. The molecule has 2 rings (SSSR count).